The van der Waals surface area contributed by atoms with E-state index in [0.29, 0.717) is 24.3 Å². The molecule has 1 amide bonds. The Bertz CT molecular complexity index is 1630. The summed E-state index contributed by atoms with van der Waals surface area (Å²) in [6.45, 7) is 0.310. The molecule has 2 N–H and O–H groups in total. The predicted molar refractivity (Wildman–Crippen MR) is 169 cm³/mol. The van der Waals surface area contributed by atoms with Crippen molar-refractivity contribution in [1.29, 1.82) is 0 Å². The van der Waals surface area contributed by atoms with Crippen LogP contribution in [0.2, 0.25) is 0 Å². The minimum Gasteiger partial charge on any atom is -0.494 e. The average Bonchev–Trinajstić information content (AvgIpc) is 3.41. The van der Waals surface area contributed by atoms with Crippen molar-refractivity contribution in [3.8, 4) is 5.75 Å². The molecule has 4 aromatic carbocycles. The molecule has 5 rings (SSSR count). The zero-order valence-electron chi connectivity index (χ0n) is 23.8. The van der Waals surface area contributed by atoms with E-state index in [9.17, 15) is 13.6 Å². The summed E-state index contributed by atoms with van der Waals surface area (Å²) >= 11 is 3.62. The normalized spacial score (nSPS) is 17.7. The van der Waals surface area contributed by atoms with Crippen molar-refractivity contribution in [3.05, 3.63) is 141 Å². The van der Waals surface area contributed by atoms with Gasteiger partial charge in [-0.25, -0.2) is 13.8 Å². The van der Waals surface area contributed by atoms with Gasteiger partial charge < -0.3 is 19.9 Å². The maximum atomic E-state index is 14.3. The van der Waals surface area contributed by atoms with Gasteiger partial charge in [0, 0.05) is 47.7 Å². The average molecular weight is 662 g/mol. The molecule has 0 radical (unpaired) electrons. The summed E-state index contributed by atoms with van der Waals surface area (Å²) in [5, 5.41) is 11.9. The second kappa shape index (κ2) is 14.4. The highest BCUT2D eigenvalue weighted by molar-refractivity contribution is 9.10. The first kappa shape index (κ1) is 31.1. The number of nitrogens with one attached hydrogen (secondary N) is 1. The number of rotatable bonds is 12. The van der Waals surface area contributed by atoms with Crippen molar-refractivity contribution in [1.82, 2.24) is 5.32 Å². The van der Waals surface area contributed by atoms with E-state index in [1.165, 1.54) is 12.1 Å². The predicted octanol–water partition coefficient (Wildman–Crippen LogP) is 7.17. The van der Waals surface area contributed by atoms with Crippen LogP contribution < -0.4 is 10.1 Å². The number of benzene rings is 4. The van der Waals surface area contributed by atoms with Gasteiger partial charge in [-0.05, 0) is 53.6 Å². The van der Waals surface area contributed by atoms with E-state index < -0.39 is 29.2 Å². The lowest BCUT2D eigenvalue weighted by Gasteiger charge is -2.30. The van der Waals surface area contributed by atoms with Crippen molar-refractivity contribution in [3.63, 3.8) is 0 Å². The molecule has 44 heavy (non-hydrogen) atoms. The van der Waals surface area contributed by atoms with Crippen molar-refractivity contribution in [2.24, 2.45) is 4.99 Å². The monoisotopic (exact) mass is 660 g/mol. The molecule has 0 aromatic heterocycles. The van der Waals surface area contributed by atoms with E-state index in [4.69, 9.17) is 19.6 Å². The van der Waals surface area contributed by atoms with Crippen LogP contribution in [0.25, 0.3) is 6.08 Å². The number of ether oxygens (including phenoxy) is 2. The molecule has 9 heteroatoms. The third-order valence-electron chi connectivity index (χ3n) is 7.13. The Morgan fingerprint density at radius 2 is 1.70 bits per heavy atom. The number of aliphatic hydroxyl groups is 1. The molecule has 1 aliphatic heterocycles. The van der Waals surface area contributed by atoms with Crippen molar-refractivity contribution in [2.75, 3.05) is 13.2 Å². The lowest BCUT2D eigenvalue weighted by Crippen LogP contribution is -2.47. The summed E-state index contributed by atoms with van der Waals surface area (Å²) in [6.07, 6.45) is 3.65. The minimum atomic E-state index is -1.47. The molecule has 0 fully saturated rings. The molecule has 0 spiro atoms. The smallest absolute Gasteiger partial charge is 0.252 e. The molecular weight excluding hydrogens is 630 g/mol. The number of amides is 1. The zero-order valence-corrected chi connectivity index (χ0v) is 25.3. The fraction of sp³-hybridized carbons (Fsp3) is 0.200. The highest BCUT2D eigenvalue weighted by Gasteiger charge is 2.53. The largest absolute Gasteiger partial charge is 0.494 e. The topological polar surface area (TPSA) is 80.2 Å². The molecular formula is C35H31BrF2N2O4. The summed E-state index contributed by atoms with van der Waals surface area (Å²) in [7, 11) is 0. The van der Waals surface area contributed by atoms with Crippen LogP contribution in [0.5, 0.6) is 5.75 Å². The van der Waals surface area contributed by atoms with Gasteiger partial charge in [0.15, 0.2) is 11.6 Å². The molecule has 0 aliphatic carbocycles. The number of nitrogens with zero attached hydrogens (tertiary/aromatic N) is 1. The Morgan fingerprint density at radius 1 is 1.00 bits per heavy atom. The number of halogens is 3. The van der Waals surface area contributed by atoms with Crippen LogP contribution in [0.15, 0.2) is 113 Å². The summed E-state index contributed by atoms with van der Waals surface area (Å²) < 4.78 is 40.7. The third kappa shape index (κ3) is 7.41. The van der Waals surface area contributed by atoms with Gasteiger partial charge in [-0.15, -0.1) is 0 Å². The van der Waals surface area contributed by atoms with Crippen LogP contribution in [0.1, 0.15) is 41.2 Å². The number of carbonyl (C=O) groups excluding carboxylic acids is 1. The van der Waals surface area contributed by atoms with Crippen LogP contribution in [-0.2, 0) is 16.1 Å². The van der Waals surface area contributed by atoms with Crippen molar-refractivity contribution in [2.45, 2.75) is 31.0 Å². The number of aliphatic imine (C=N–C) groups is 1. The summed E-state index contributed by atoms with van der Waals surface area (Å²) in [5.74, 6) is -1.02. The highest BCUT2D eigenvalue weighted by Crippen LogP contribution is 2.45. The van der Waals surface area contributed by atoms with Gasteiger partial charge in [-0.1, -0.05) is 76.6 Å². The SMILES string of the molecule is O=C(NCc1cc(F)cc(F)c1)[C@]1(C/C=C/c2ccccc2)N=C(c2ccc(OCCCO)cc2)O[C@@H]1c1ccccc1Br. The van der Waals surface area contributed by atoms with Gasteiger partial charge >= 0.3 is 0 Å². The quantitative estimate of drug-likeness (QED) is 0.158. The fourth-order valence-electron chi connectivity index (χ4n) is 4.97. The first-order chi connectivity index (χ1) is 21.4. The Morgan fingerprint density at radius 3 is 2.41 bits per heavy atom. The molecule has 0 saturated carbocycles. The van der Waals surface area contributed by atoms with Gasteiger partial charge in [0.05, 0.1) is 6.61 Å². The summed E-state index contributed by atoms with van der Waals surface area (Å²) in [5.41, 5.74) is 1.13. The van der Waals surface area contributed by atoms with Crippen molar-refractivity contribution < 1.29 is 28.2 Å². The molecule has 0 unspecified atom stereocenters. The fourth-order valence-corrected chi connectivity index (χ4v) is 5.46. The lowest BCUT2D eigenvalue weighted by molar-refractivity contribution is -0.129. The van der Waals surface area contributed by atoms with Gasteiger partial charge in [0.2, 0.25) is 5.90 Å². The second-order valence-electron chi connectivity index (χ2n) is 10.3. The second-order valence-corrected chi connectivity index (χ2v) is 11.1. The Kier molecular flexibility index (Phi) is 10.2. The lowest BCUT2D eigenvalue weighted by atomic mass is 9.84. The molecule has 2 atom stereocenters. The first-order valence-electron chi connectivity index (χ1n) is 14.2. The zero-order chi connectivity index (χ0) is 30.9. The third-order valence-corrected chi connectivity index (χ3v) is 7.85. The van der Waals surface area contributed by atoms with E-state index in [2.05, 4.69) is 21.2 Å². The number of hydrogen-bond donors (Lipinski definition) is 2. The van der Waals surface area contributed by atoms with E-state index in [-0.39, 0.29) is 31.0 Å². The summed E-state index contributed by atoms with van der Waals surface area (Å²) in [4.78, 5) is 19.2. The van der Waals surface area contributed by atoms with Crippen LogP contribution in [0, 0.1) is 11.6 Å². The van der Waals surface area contributed by atoms with Gasteiger partial charge in [0.1, 0.15) is 17.4 Å². The Hall–Kier alpha value is -4.34. The van der Waals surface area contributed by atoms with E-state index >= 15 is 0 Å². The highest BCUT2D eigenvalue weighted by atomic mass is 79.9. The van der Waals surface area contributed by atoms with E-state index in [1.54, 1.807) is 24.3 Å². The standard InChI is InChI=1S/C35H31BrF2N2O4/c36-31-12-5-4-11-30(31)32-35(17-6-10-24-8-2-1-3-9-24,34(42)39-23-25-20-27(37)22-28(38)21-25)40-33(44-32)26-13-15-29(16-14-26)43-19-7-18-41/h1-6,8-16,20-22,32,41H,7,17-19,23H2,(H,39,42)/b10-6+/t32-,35-/m1/s1. The Balaban J connectivity index is 1.54. The number of hydrogen-bond acceptors (Lipinski definition) is 5. The molecule has 0 saturated heterocycles. The van der Waals surface area contributed by atoms with Crippen LogP contribution in [0.3, 0.4) is 0 Å². The molecule has 1 heterocycles. The maximum Gasteiger partial charge on any atom is 0.252 e. The van der Waals surface area contributed by atoms with Crippen molar-refractivity contribution >= 4 is 33.8 Å². The maximum absolute atomic E-state index is 14.3. The van der Waals surface area contributed by atoms with Crippen LogP contribution >= 0.6 is 15.9 Å². The van der Waals surface area contributed by atoms with Crippen LogP contribution in [-0.4, -0.2) is 35.7 Å². The Labute approximate surface area is 263 Å². The number of carbonyl (C=O) groups is 1. The van der Waals surface area contributed by atoms with Gasteiger partial charge in [-0.3, -0.25) is 4.79 Å². The number of aliphatic hydroxyl groups excluding tert-OH is 1. The minimum absolute atomic E-state index is 0.0379. The molecule has 0 bridgehead atoms. The first-order valence-corrected chi connectivity index (χ1v) is 15.0. The summed E-state index contributed by atoms with van der Waals surface area (Å²) in [6, 6.07) is 27.5. The molecule has 6 nitrogen and oxygen atoms in total. The van der Waals surface area contributed by atoms with E-state index in [1.807, 2.05) is 66.7 Å². The molecule has 4 aromatic rings. The molecule has 1 aliphatic rings. The van der Waals surface area contributed by atoms with Gasteiger partial charge in [-0.2, -0.15) is 0 Å². The van der Waals surface area contributed by atoms with E-state index in [0.717, 1.165) is 21.7 Å². The van der Waals surface area contributed by atoms with Crippen LogP contribution in [0.4, 0.5) is 8.78 Å². The molecule has 226 valence electrons. The van der Waals surface area contributed by atoms with Gasteiger partial charge in [0.25, 0.3) is 5.91 Å².